The van der Waals surface area contributed by atoms with Gasteiger partial charge in [0.1, 0.15) is 12.3 Å². The van der Waals surface area contributed by atoms with Crippen LogP contribution in [0.2, 0.25) is 0 Å². The second-order valence-electron chi connectivity index (χ2n) is 6.52. The monoisotopic (exact) mass is 367 g/mol. The lowest BCUT2D eigenvalue weighted by molar-refractivity contribution is -0.120. The Kier molecular flexibility index (Phi) is 6.44. The van der Waals surface area contributed by atoms with Crippen molar-refractivity contribution in [1.82, 2.24) is 10.6 Å². The van der Waals surface area contributed by atoms with E-state index in [2.05, 4.69) is 10.6 Å². The standard InChI is InChI=1S/C21H25N3O3/c1-27-19-10-6-5-9-18(19)21(26)24(17-7-3-2-4-8-17)15-20(25)23-16-11-13-22-14-12-16/h2-10,16,22H,11-15H2,1H3,(H,23,25). The first-order valence-corrected chi connectivity index (χ1v) is 9.19. The molecule has 1 aliphatic rings. The minimum Gasteiger partial charge on any atom is -0.496 e. The molecule has 142 valence electrons. The Bertz CT molecular complexity index is 773. The third kappa shape index (κ3) is 4.86. The molecule has 0 saturated carbocycles. The van der Waals surface area contributed by atoms with Gasteiger partial charge >= 0.3 is 0 Å². The minimum absolute atomic E-state index is 0.0369. The second kappa shape index (κ2) is 9.19. The molecule has 2 aromatic rings. The van der Waals surface area contributed by atoms with Crippen LogP contribution in [0.5, 0.6) is 5.75 Å². The Morgan fingerprint density at radius 2 is 1.74 bits per heavy atom. The predicted molar refractivity (Wildman–Crippen MR) is 105 cm³/mol. The Morgan fingerprint density at radius 1 is 1.07 bits per heavy atom. The number of rotatable bonds is 6. The summed E-state index contributed by atoms with van der Waals surface area (Å²) in [5.41, 5.74) is 1.10. The summed E-state index contributed by atoms with van der Waals surface area (Å²) in [6.07, 6.45) is 1.80. The summed E-state index contributed by atoms with van der Waals surface area (Å²) in [5.74, 6) is 0.0651. The van der Waals surface area contributed by atoms with Crippen LogP contribution in [-0.4, -0.2) is 44.6 Å². The maximum Gasteiger partial charge on any atom is 0.262 e. The van der Waals surface area contributed by atoms with E-state index in [1.165, 1.54) is 12.0 Å². The number of carbonyl (C=O) groups is 2. The molecule has 0 atom stereocenters. The van der Waals surface area contributed by atoms with E-state index >= 15 is 0 Å². The molecule has 0 spiro atoms. The Hall–Kier alpha value is -2.86. The molecule has 0 aromatic heterocycles. The molecule has 27 heavy (non-hydrogen) atoms. The van der Waals surface area contributed by atoms with Crippen molar-refractivity contribution in [3.05, 3.63) is 60.2 Å². The molecule has 0 unspecified atom stereocenters. The highest BCUT2D eigenvalue weighted by Crippen LogP contribution is 2.23. The van der Waals surface area contributed by atoms with Crippen molar-refractivity contribution in [3.8, 4) is 5.75 Å². The van der Waals surface area contributed by atoms with Gasteiger partial charge in [0, 0.05) is 11.7 Å². The zero-order valence-electron chi connectivity index (χ0n) is 15.5. The molecular formula is C21H25N3O3. The summed E-state index contributed by atoms with van der Waals surface area (Å²) >= 11 is 0. The Morgan fingerprint density at radius 3 is 2.44 bits per heavy atom. The van der Waals surface area contributed by atoms with Crippen LogP contribution >= 0.6 is 0 Å². The van der Waals surface area contributed by atoms with Crippen LogP contribution in [0.4, 0.5) is 5.69 Å². The van der Waals surface area contributed by atoms with Gasteiger partial charge in [-0.3, -0.25) is 14.5 Å². The fourth-order valence-electron chi connectivity index (χ4n) is 3.24. The number of piperidine rings is 1. The van der Waals surface area contributed by atoms with Crippen molar-refractivity contribution < 1.29 is 14.3 Å². The van der Waals surface area contributed by atoms with Crippen molar-refractivity contribution in [2.24, 2.45) is 0 Å². The van der Waals surface area contributed by atoms with E-state index in [-0.39, 0.29) is 24.4 Å². The maximum atomic E-state index is 13.2. The van der Waals surface area contributed by atoms with Crippen molar-refractivity contribution >= 4 is 17.5 Å². The molecule has 6 heteroatoms. The molecule has 2 amide bonds. The van der Waals surface area contributed by atoms with Crippen molar-refractivity contribution in [2.45, 2.75) is 18.9 Å². The SMILES string of the molecule is COc1ccccc1C(=O)N(CC(=O)NC1CCNCC1)c1ccccc1. The molecule has 6 nitrogen and oxygen atoms in total. The molecule has 2 aromatic carbocycles. The molecule has 1 fully saturated rings. The molecule has 0 bridgehead atoms. The van der Waals surface area contributed by atoms with Gasteiger partial charge in [-0.1, -0.05) is 30.3 Å². The average molecular weight is 367 g/mol. The normalized spacial score (nSPS) is 14.4. The first-order valence-electron chi connectivity index (χ1n) is 9.19. The molecule has 0 radical (unpaired) electrons. The third-order valence-electron chi connectivity index (χ3n) is 4.66. The second-order valence-corrected chi connectivity index (χ2v) is 6.52. The average Bonchev–Trinajstić information content (AvgIpc) is 2.73. The third-order valence-corrected chi connectivity index (χ3v) is 4.66. The van der Waals surface area contributed by atoms with E-state index in [0.29, 0.717) is 17.0 Å². The smallest absolute Gasteiger partial charge is 0.262 e. The minimum atomic E-state index is -0.265. The predicted octanol–water partition coefficient (Wildman–Crippen LogP) is 2.21. The van der Waals surface area contributed by atoms with Gasteiger partial charge in [0.25, 0.3) is 5.91 Å². The number of methoxy groups -OCH3 is 1. The summed E-state index contributed by atoms with van der Waals surface area (Å²) in [6.45, 7) is 1.76. The summed E-state index contributed by atoms with van der Waals surface area (Å²) < 4.78 is 5.32. The highest BCUT2D eigenvalue weighted by Gasteiger charge is 2.24. The number of anilines is 1. The molecule has 0 aliphatic carbocycles. The van der Waals surface area contributed by atoms with Crippen LogP contribution in [0.1, 0.15) is 23.2 Å². The fourth-order valence-corrected chi connectivity index (χ4v) is 3.24. The van der Waals surface area contributed by atoms with Gasteiger partial charge in [-0.2, -0.15) is 0 Å². The maximum absolute atomic E-state index is 13.2. The molecule has 3 rings (SSSR count). The van der Waals surface area contributed by atoms with Crippen LogP contribution in [0, 0.1) is 0 Å². The van der Waals surface area contributed by atoms with E-state index in [1.807, 2.05) is 36.4 Å². The van der Waals surface area contributed by atoms with Crippen LogP contribution in [-0.2, 0) is 4.79 Å². The number of para-hydroxylation sites is 2. The highest BCUT2D eigenvalue weighted by atomic mass is 16.5. The molecule has 1 saturated heterocycles. The summed E-state index contributed by atoms with van der Waals surface area (Å²) in [4.78, 5) is 27.3. The van der Waals surface area contributed by atoms with Gasteiger partial charge in [-0.25, -0.2) is 0 Å². The summed E-state index contributed by atoms with van der Waals surface area (Å²) in [5, 5.41) is 6.33. The molecular weight excluding hydrogens is 342 g/mol. The number of benzene rings is 2. The Balaban J connectivity index is 1.81. The lowest BCUT2D eigenvalue weighted by Crippen LogP contribution is -2.47. The van der Waals surface area contributed by atoms with Crippen molar-refractivity contribution in [3.63, 3.8) is 0 Å². The number of ether oxygens (including phenoxy) is 1. The number of hydrogen-bond acceptors (Lipinski definition) is 4. The van der Waals surface area contributed by atoms with Crippen LogP contribution < -0.4 is 20.3 Å². The van der Waals surface area contributed by atoms with E-state index in [4.69, 9.17) is 4.74 Å². The van der Waals surface area contributed by atoms with Gasteiger partial charge < -0.3 is 15.4 Å². The van der Waals surface area contributed by atoms with Crippen LogP contribution in [0.15, 0.2) is 54.6 Å². The van der Waals surface area contributed by atoms with Crippen molar-refractivity contribution in [2.75, 3.05) is 31.6 Å². The number of hydrogen-bond donors (Lipinski definition) is 2. The fraction of sp³-hybridized carbons (Fsp3) is 0.333. The van der Waals surface area contributed by atoms with Crippen LogP contribution in [0.25, 0.3) is 0 Å². The number of carbonyl (C=O) groups excluding carboxylic acids is 2. The van der Waals surface area contributed by atoms with E-state index in [0.717, 1.165) is 25.9 Å². The summed E-state index contributed by atoms with van der Waals surface area (Å²) in [7, 11) is 1.53. The van der Waals surface area contributed by atoms with Crippen LogP contribution in [0.3, 0.4) is 0 Å². The first kappa shape index (κ1) is 18.9. The van der Waals surface area contributed by atoms with Gasteiger partial charge in [-0.05, 0) is 50.2 Å². The largest absolute Gasteiger partial charge is 0.496 e. The summed E-state index contributed by atoms with van der Waals surface area (Å²) in [6, 6.07) is 16.4. The van der Waals surface area contributed by atoms with E-state index in [9.17, 15) is 9.59 Å². The molecule has 2 N–H and O–H groups in total. The van der Waals surface area contributed by atoms with Gasteiger partial charge in [0.05, 0.1) is 12.7 Å². The quantitative estimate of drug-likeness (QED) is 0.821. The topological polar surface area (TPSA) is 70.7 Å². The van der Waals surface area contributed by atoms with E-state index < -0.39 is 0 Å². The van der Waals surface area contributed by atoms with Gasteiger partial charge in [-0.15, -0.1) is 0 Å². The molecule has 1 aliphatic heterocycles. The zero-order chi connectivity index (χ0) is 19.1. The zero-order valence-corrected chi connectivity index (χ0v) is 15.5. The number of nitrogens with zero attached hydrogens (tertiary/aromatic N) is 1. The highest BCUT2D eigenvalue weighted by molar-refractivity contribution is 6.10. The van der Waals surface area contributed by atoms with Gasteiger partial charge in [0.2, 0.25) is 5.91 Å². The number of amides is 2. The van der Waals surface area contributed by atoms with Gasteiger partial charge in [0.15, 0.2) is 0 Å². The molecule has 1 heterocycles. The van der Waals surface area contributed by atoms with E-state index in [1.54, 1.807) is 18.2 Å². The lowest BCUT2D eigenvalue weighted by Gasteiger charge is -2.27. The number of nitrogens with one attached hydrogen (secondary N) is 2. The lowest BCUT2D eigenvalue weighted by atomic mass is 10.1. The van der Waals surface area contributed by atoms with Crippen molar-refractivity contribution in [1.29, 1.82) is 0 Å². The first-order chi connectivity index (χ1) is 13.2. The Labute approximate surface area is 159 Å².